The Morgan fingerprint density at radius 3 is 2.47 bits per heavy atom. The number of guanidine groups is 1. The quantitative estimate of drug-likeness (QED) is 0.763. The lowest BCUT2D eigenvalue weighted by atomic mass is 9.87. The van der Waals surface area contributed by atoms with Crippen LogP contribution >= 0.6 is 0 Å². The van der Waals surface area contributed by atoms with Gasteiger partial charge in [0.05, 0.1) is 12.1 Å². The van der Waals surface area contributed by atoms with E-state index in [-0.39, 0.29) is 5.54 Å². The van der Waals surface area contributed by atoms with E-state index in [9.17, 15) is 0 Å². The molecule has 0 fully saturated rings. The van der Waals surface area contributed by atoms with Crippen molar-refractivity contribution in [2.45, 2.75) is 40.2 Å². The second-order valence-corrected chi connectivity index (χ2v) is 5.36. The summed E-state index contributed by atoms with van der Waals surface area (Å²) in [5.74, 6) is 1.28. The topological polar surface area (TPSA) is 44.9 Å². The summed E-state index contributed by atoms with van der Waals surface area (Å²) < 4.78 is 0. The van der Waals surface area contributed by atoms with Crippen LogP contribution in [0.3, 0.4) is 0 Å². The fraction of sp³-hybridized carbons (Fsp3) is 0.923. The van der Waals surface area contributed by atoms with Crippen LogP contribution in [-0.2, 0) is 0 Å². The smallest absolute Gasteiger partial charge is 0.191 e. The van der Waals surface area contributed by atoms with Crippen LogP contribution in [0.25, 0.3) is 0 Å². The maximum absolute atomic E-state index is 6.02. The van der Waals surface area contributed by atoms with Gasteiger partial charge < -0.3 is 15.5 Å². The van der Waals surface area contributed by atoms with Crippen LogP contribution in [0.1, 0.15) is 34.6 Å². The molecule has 17 heavy (non-hydrogen) atoms. The van der Waals surface area contributed by atoms with Crippen molar-refractivity contribution in [2.75, 3.05) is 32.7 Å². The van der Waals surface area contributed by atoms with E-state index in [1.54, 1.807) is 0 Å². The standard InChI is InChI=1S/C13H28N4/c1-6-16(7-2)8-9-17-12(14)15-10-13(17,5)11(3)4/h11H,6-10H2,1-5H3,(H2,14,15). The van der Waals surface area contributed by atoms with E-state index in [0.717, 1.165) is 32.7 Å². The molecule has 1 atom stereocenters. The Morgan fingerprint density at radius 2 is 2.00 bits per heavy atom. The van der Waals surface area contributed by atoms with E-state index in [1.165, 1.54) is 0 Å². The highest BCUT2D eigenvalue weighted by atomic mass is 15.4. The molecule has 1 heterocycles. The van der Waals surface area contributed by atoms with E-state index < -0.39 is 0 Å². The summed E-state index contributed by atoms with van der Waals surface area (Å²) in [6, 6.07) is 0. The highest BCUT2D eigenvalue weighted by molar-refractivity contribution is 5.81. The zero-order chi connectivity index (χ0) is 13.1. The molecule has 1 aliphatic rings. The molecule has 0 aliphatic carbocycles. The van der Waals surface area contributed by atoms with Crippen LogP contribution in [0.5, 0.6) is 0 Å². The Kier molecular flexibility index (Phi) is 4.80. The van der Waals surface area contributed by atoms with Crippen LogP contribution in [0, 0.1) is 5.92 Å². The molecule has 0 aromatic carbocycles. The normalized spacial score (nSPS) is 24.9. The van der Waals surface area contributed by atoms with Gasteiger partial charge >= 0.3 is 0 Å². The Hall–Kier alpha value is -0.770. The second kappa shape index (κ2) is 5.71. The number of likely N-dealkylation sites (N-methyl/N-ethyl adjacent to an activating group) is 1. The average molecular weight is 240 g/mol. The predicted molar refractivity (Wildman–Crippen MR) is 74.2 cm³/mol. The highest BCUT2D eigenvalue weighted by Gasteiger charge is 2.40. The summed E-state index contributed by atoms with van der Waals surface area (Å²) in [5.41, 5.74) is 6.11. The molecule has 0 amide bonds. The first-order valence-corrected chi connectivity index (χ1v) is 6.75. The van der Waals surface area contributed by atoms with Crippen LogP contribution in [0.15, 0.2) is 4.99 Å². The molecule has 0 bridgehead atoms. The van der Waals surface area contributed by atoms with Crippen molar-refractivity contribution in [3.05, 3.63) is 0 Å². The van der Waals surface area contributed by atoms with E-state index in [0.29, 0.717) is 11.9 Å². The first-order valence-electron chi connectivity index (χ1n) is 6.75. The summed E-state index contributed by atoms with van der Waals surface area (Å²) in [6.07, 6.45) is 0. The number of nitrogens with two attached hydrogens (primary N) is 1. The second-order valence-electron chi connectivity index (χ2n) is 5.36. The fourth-order valence-corrected chi connectivity index (χ4v) is 2.32. The van der Waals surface area contributed by atoms with Gasteiger partial charge in [0.25, 0.3) is 0 Å². The van der Waals surface area contributed by atoms with E-state index >= 15 is 0 Å². The Bertz CT molecular complexity index is 271. The molecule has 1 aliphatic heterocycles. The molecule has 2 N–H and O–H groups in total. The van der Waals surface area contributed by atoms with E-state index in [2.05, 4.69) is 49.4 Å². The molecule has 0 aromatic rings. The van der Waals surface area contributed by atoms with Crippen molar-refractivity contribution in [1.29, 1.82) is 0 Å². The van der Waals surface area contributed by atoms with Gasteiger partial charge in [-0.15, -0.1) is 0 Å². The Morgan fingerprint density at radius 1 is 1.41 bits per heavy atom. The van der Waals surface area contributed by atoms with Gasteiger partial charge in [0.1, 0.15) is 0 Å². The maximum Gasteiger partial charge on any atom is 0.191 e. The third-order valence-corrected chi connectivity index (χ3v) is 4.23. The molecule has 0 aromatic heterocycles. The van der Waals surface area contributed by atoms with Gasteiger partial charge in [-0.05, 0) is 25.9 Å². The lowest BCUT2D eigenvalue weighted by Gasteiger charge is -2.40. The molecule has 0 spiro atoms. The van der Waals surface area contributed by atoms with E-state index in [4.69, 9.17) is 5.73 Å². The molecule has 4 nitrogen and oxygen atoms in total. The van der Waals surface area contributed by atoms with Gasteiger partial charge in [-0.2, -0.15) is 0 Å². The minimum atomic E-state index is 0.0945. The molecule has 4 heteroatoms. The van der Waals surface area contributed by atoms with Crippen molar-refractivity contribution in [2.24, 2.45) is 16.6 Å². The monoisotopic (exact) mass is 240 g/mol. The minimum Gasteiger partial charge on any atom is -0.370 e. The first kappa shape index (κ1) is 14.3. The van der Waals surface area contributed by atoms with Gasteiger partial charge in [-0.1, -0.05) is 27.7 Å². The summed E-state index contributed by atoms with van der Waals surface area (Å²) in [7, 11) is 0. The largest absolute Gasteiger partial charge is 0.370 e. The zero-order valence-electron chi connectivity index (χ0n) is 12.0. The summed E-state index contributed by atoms with van der Waals surface area (Å²) in [4.78, 5) is 9.13. The van der Waals surface area contributed by atoms with Crippen molar-refractivity contribution in [1.82, 2.24) is 9.80 Å². The highest BCUT2D eigenvalue weighted by Crippen LogP contribution is 2.28. The molecule has 0 radical (unpaired) electrons. The summed E-state index contributed by atoms with van der Waals surface area (Å²) >= 11 is 0. The van der Waals surface area contributed by atoms with Crippen LogP contribution in [0.2, 0.25) is 0 Å². The van der Waals surface area contributed by atoms with Gasteiger partial charge in [-0.25, -0.2) is 0 Å². The number of hydrogen-bond donors (Lipinski definition) is 1. The number of nitrogens with zero attached hydrogens (tertiary/aromatic N) is 3. The minimum absolute atomic E-state index is 0.0945. The number of rotatable bonds is 6. The lowest BCUT2D eigenvalue weighted by molar-refractivity contribution is 0.141. The Balaban J connectivity index is 2.63. The Labute approximate surface area is 106 Å². The molecular weight excluding hydrogens is 212 g/mol. The molecule has 1 rings (SSSR count). The third-order valence-electron chi connectivity index (χ3n) is 4.23. The maximum atomic E-state index is 6.02. The van der Waals surface area contributed by atoms with Gasteiger partial charge in [0, 0.05) is 13.1 Å². The number of hydrogen-bond acceptors (Lipinski definition) is 4. The predicted octanol–water partition coefficient (Wildman–Crippen LogP) is 1.37. The molecule has 0 saturated heterocycles. The molecule has 1 unspecified atom stereocenters. The van der Waals surface area contributed by atoms with Crippen LogP contribution < -0.4 is 5.73 Å². The lowest BCUT2D eigenvalue weighted by Crippen LogP contribution is -2.54. The third kappa shape index (κ3) is 2.92. The van der Waals surface area contributed by atoms with Crippen molar-refractivity contribution in [3.8, 4) is 0 Å². The van der Waals surface area contributed by atoms with Gasteiger partial charge in [0.2, 0.25) is 0 Å². The van der Waals surface area contributed by atoms with Crippen molar-refractivity contribution < 1.29 is 0 Å². The first-order chi connectivity index (χ1) is 7.95. The molecule has 100 valence electrons. The van der Waals surface area contributed by atoms with E-state index in [1.807, 2.05) is 0 Å². The van der Waals surface area contributed by atoms with Crippen molar-refractivity contribution in [3.63, 3.8) is 0 Å². The van der Waals surface area contributed by atoms with Gasteiger partial charge in [-0.3, -0.25) is 4.99 Å². The van der Waals surface area contributed by atoms with Crippen molar-refractivity contribution >= 4 is 5.96 Å². The fourth-order valence-electron chi connectivity index (χ4n) is 2.32. The number of aliphatic imine (C=N–C) groups is 1. The van der Waals surface area contributed by atoms with Crippen LogP contribution in [0.4, 0.5) is 0 Å². The summed E-state index contributed by atoms with van der Waals surface area (Å²) in [5, 5.41) is 0. The summed E-state index contributed by atoms with van der Waals surface area (Å²) in [6.45, 7) is 16.2. The molecule has 0 saturated carbocycles. The SMILES string of the molecule is CCN(CC)CCN1C(N)=NCC1(C)C(C)C. The average Bonchev–Trinajstić information content (AvgIpc) is 2.59. The van der Waals surface area contributed by atoms with Crippen LogP contribution in [-0.4, -0.2) is 54.0 Å². The zero-order valence-corrected chi connectivity index (χ0v) is 12.0. The van der Waals surface area contributed by atoms with Gasteiger partial charge in [0.15, 0.2) is 5.96 Å². The molecular formula is C13H28N4.